The Balaban J connectivity index is 4.02. The minimum absolute atomic E-state index is 0.290. The molecule has 0 N–H and O–H groups in total. The number of unbranched alkanes of at least 4 members (excludes halogenated alkanes) is 3. The molecule has 0 aliphatic heterocycles. The Labute approximate surface area is 135 Å². The highest BCUT2D eigenvalue weighted by Gasteiger charge is 2.28. The van der Waals surface area contributed by atoms with Crippen molar-refractivity contribution in [1.29, 1.82) is 0 Å². The summed E-state index contributed by atoms with van der Waals surface area (Å²) in [7, 11) is 0. The maximum atomic E-state index is 11.8. The van der Waals surface area contributed by atoms with Crippen molar-refractivity contribution in [3.8, 4) is 0 Å². The molecule has 0 unspecified atom stereocenters. The van der Waals surface area contributed by atoms with Crippen molar-refractivity contribution in [3.63, 3.8) is 0 Å². The lowest BCUT2D eigenvalue weighted by molar-refractivity contribution is -0.161. The molecule has 0 fully saturated rings. The van der Waals surface area contributed by atoms with Crippen LogP contribution in [0.25, 0.3) is 0 Å². The zero-order chi connectivity index (χ0) is 16.8. The summed E-state index contributed by atoms with van der Waals surface area (Å²) < 4.78 is 9.93. The van der Waals surface area contributed by atoms with Gasteiger partial charge in [-0.05, 0) is 46.3 Å². The summed E-state index contributed by atoms with van der Waals surface area (Å²) in [6, 6.07) is 0. The minimum Gasteiger partial charge on any atom is -0.465 e. The van der Waals surface area contributed by atoms with E-state index in [2.05, 4.69) is 18.7 Å². The maximum absolute atomic E-state index is 11.8. The van der Waals surface area contributed by atoms with Gasteiger partial charge in [-0.2, -0.15) is 0 Å². The lowest BCUT2D eigenvalue weighted by Crippen LogP contribution is -2.28. The fourth-order valence-corrected chi connectivity index (χ4v) is 2.39. The maximum Gasteiger partial charge on any atom is 0.320 e. The molecule has 5 nitrogen and oxygen atoms in total. The van der Waals surface area contributed by atoms with Crippen molar-refractivity contribution < 1.29 is 19.1 Å². The molecule has 0 heterocycles. The number of ether oxygens (including phenoxy) is 2. The van der Waals surface area contributed by atoms with Gasteiger partial charge < -0.3 is 14.4 Å². The van der Waals surface area contributed by atoms with Gasteiger partial charge >= 0.3 is 11.9 Å². The quantitative estimate of drug-likeness (QED) is 0.297. The molecule has 0 aromatic rings. The van der Waals surface area contributed by atoms with Crippen LogP contribution in [0.15, 0.2) is 0 Å². The van der Waals surface area contributed by atoms with Crippen molar-refractivity contribution in [1.82, 2.24) is 4.90 Å². The monoisotopic (exact) mass is 315 g/mol. The van der Waals surface area contributed by atoms with Gasteiger partial charge in [0.2, 0.25) is 0 Å². The Morgan fingerprint density at radius 2 is 1.32 bits per heavy atom. The van der Waals surface area contributed by atoms with Crippen molar-refractivity contribution in [2.75, 3.05) is 32.8 Å². The SMILES string of the molecule is CCOC(=O)C(CCCCCCN(CC)CC)C(=O)OCC. The zero-order valence-corrected chi connectivity index (χ0v) is 14.7. The van der Waals surface area contributed by atoms with Crippen LogP contribution in [0, 0.1) is 5.92 Å². The summed E-state index contributed by atoms with van der Waals surface area (Å²) in [6.45, 7) is 11.7. The summed E-state index contributed by atoms with van der Waals surface area (Å²) >= 11 is 0. The lowest BCUT2D eigenvalue weighted by atomic mass is 10.0. The summed E-state index contributed by atoms with van der Waals surface area (Å²) in [5.74, 6) is -1.67. The van der Waals surface area contributed by atoms with Gasteiger partial charge in [0, 0.05) is 0 Å². The van der Waals surface area contributed by atoms with E-state index in [1.165, 1.54) is 0 Å². The molecule has 22 heavy (non-hydrogen) atoms. The van der Waals surface area contributed by atoms with Crippen LogP contribution < -0.4 is 0 Å². The second-order valence-corrected chi connectivity index (χ2v) is 5.29. The molecule has 130 valence electrons. The number of carbonyl (C=O) groups excluding carboxylic acids is 2. The molecule has 0 spiro atoms. The first-order valence-corrected chi connectivity index (χ1v) is 8.66. The third-order valence-electron chi connectivity index (χ3n) is 3.75. The third kappa shape index (κ3) is 9.03. The topological polar surface area (TPSA) is 55.8 Å². The molecule has 0 atom stereocenters. The number of carbonyl (C=O) groups is 2. The van der Waals surface area contributed by atoms with Crippen molar-refractivity contribution in [2.45, 2.75) is 59.8 Å². The van der Waals surface area contributed by atoms with Gasteiger partial charge in [-0.3, -0.25) is 9.59 Å². The summed E-state index contributed by atoms with van der Waals surface area (Å²) in [5, 5.41) is 0. The van der Waals surface area contributed by atoms with Crippen LogP contribution in [0.3, 0.4) is 0 Å². The van der Waals surface area contributed by atoms with E-state index in [9.17, 15) is 9.59 Å². The van der Waals surface area contributed by atoms with Crippen LogP contribution in [-0.2, 0) is 19.1 Å². The molecule has 0 bridgehead atoms. The van der Waals surface area contributed by atoms with Crippen molar-refractivity contribution >= 4 is 11.9 Å². The molecule has 0 rings (SSSR count). The van der Waals surface area contributed by atoms with E-state index in [0.29, 0.717) is 19.6 Å². The van der Waals surface area contributed by atoms with E-state index in [4.69, 9.17) is 9.47 Å². The first-order chi connectivity index (χ1) is 10.6. The summed E-state index contributed by atoms with van der Waals surface area (Å²) in [4.78, 5) is 26.0. The Hall–Kier alpha value is -1.10. The third-order valence-corrected chi connectivity index (χ3v) is 3.75. The van der Waals surface area contributed by atoms with Gasteiger partial charge in [0.15, 0.2) is 5.92 Å². The van der Waals surface area contributed by atoms with Crippen LogP contribution >= 0.6 is 0 Å². The fourth-order valence-electron chi connectivity index (χ4n) is 2.39. The number of rotatable bonds is 13. The van der Waals surface area contributed by atoms with Gasteiger partial charge in [0.05, 0.1) is 13.2 Å². The minimum atomic E-state index is -0.761. The Kier molecular flexibility index (Phi) is 12.9. The standard InChI is InChI=1S/C17H33NO4/c1-5-18(6-2)14-12-10-9-11-13-15(16(19)21-7-3)17(20)22-8-4/h15H,5-14H2,1-4H3. The smallest absolute Gasteiger partial charge is 0.320 e. The molecule has 0 aliphatic rings. The number of nitrogens with zero attached hydrogens (tertiary/aromatic N) is 1. The zero-order valence-electron chi connectivity index (χ0n) is 14.7. The first-order valence-electron chi connectivity index (χ1n) is 8.66. The molecule has 0 saturated carbocycles. The Morgan fingerprint density at radius 3 is 1.77 bits per heavy atom. The van der Waals surface area contributed by atoms with E-state index in [1.54, 1.807) is 13.8 Å². The van der Waals surface area contributed by atoms with Gasteiger partial charge in [0.1, 0.15) is 0 Å². The predicted octanol–water partition coefficient (Wildman–Crippen LogP) is 3.02. The van der Waals surface area contributed by atoms with Crippen molar-refractivity contribution in [3.05, 3.63) is 0 Å². The van der Waals surface area contributed by atoms with E-state index in [0.717, 1.165) is 45.3 Å². The van der Waals surface area contributed by atoms with E-state index in [1.807, 2.05) is 0 Å². The molecule has 0 radical (unpaired) electrons. The average Bonchev–Trinajstić information content (AvgIpc) is 2.50. The van der Waals surface area contributed by atoms with E-state index < -0.39 is 17.9 Å². The number of hydrogen-bond donors (Lipinski definition) is 0. The molecule has 0 aliphatic carbocycles. The molecule has 0 saturated heterocycles. The van der Waals surface area contributed by atoms with Gasteiger partial charge in [-0.25, -0.2) is 0 Å². The van der Waals surface area contributed by atoms with E-state index in [-0.39, 0.29) is 0 Å². The second-order valence-electron chi connectivity index (χ2n) is 5.29. The Morgan fingerprint density at radius 1 is 0.818 bits per heavy atom. The molecule has 0 amide bonds. The van der Waals surface area contributed by atoms with Crippen LogP contribution in [0.5, 0.6) is 0 Å². The largest absolute Gasteiger partial charge is 0.465 e. The molecule has 0 aromatic carbocycles. The highest BCUT2D eigenvalue weighted by atomic mass is 16.6. The molecule has 0 aromatic heterocycles. The molecular weight excluding hydrogens is 282 g/mol. The second kappa shape index (κ2) is 13.6. The van der Waals surface area contributed by atoms with Crippen molar-refractivity contribution in [2.24, 2.45) is 5.92 Å². The Bertz CT molecular complexity index is 285. The molecular formula is C17H33NO4. The van der Waals surface area contributed by atoms with Crippen LogP contribution in [0.4, 0.5) is 0 Å². The number of esters is 2. The predicted molar refractivity (Wildman–Crippen MR) is 87.6 cm³/mol. The normalized spacial score (nSPS) is 11.0. The van der Waals surface area contributed by atoms with Gasteiger partial charge in [-0.15, -0.1) is 0 Å². The fraction of sp³-hybridized carbons (Fsp3) is 0.882. The van der Waals surface area contributed by atoms with Gasteiger partial charge in [0.25, 0.3) is 0 Å². The number of hydrogen-bond acceptors (Lipinski definition) is 5. The average molecular weight is 315 g/mol. The molecule has 5 heteroatoms. The van der Waals surface area contributed by atoms with Crippen LogP contribution in [0.1, 0.15) is 59.8 Å². The highest BCUT2D eigenvalue weighted by Crippen LogP contribution is 2.15. The van der Waals surface area contributed by atoms with E-state index >= 15 is 0 Å². The van der Waals surface area contributed by atoms with Crippen LogP contribution in [-0.4, -0.2) is 49.7 Å². The lowest BCUT2D eigenvalue weighted by Gasteiger charge is -2.17. The summed E-state index contributed by atoms with van der Waals surface area (Å²) in [6.07, 6.45) is 4.67. The van der Waals surface area contributed by atoms with Gasteiger partial charge in [-0.1, -0.05) is 33.1 Å². The highest BCUT2D eigenvalue weighted by molar-refractivity contribution is 5.94. The summed E-state index contributed by atoms with van der Waals surface area (Å²) in [5.41, 5.74) is 0. The van der Waals surface area contributed by atoms with Crippen LogP contribution in [0.2, 0.25) is 0 Å². The first kappa shape index (κ1) is 20.9.